The Kier molecular flexibility index (Phi) is 9.76. The normalized spacial score (nSPS) is 10.1. The van der Waals surface area contributed by atoms with Crippen LogP contribution in [0.4, 0.5) is 0 Å². The molecule has 4 nitrogen and oxygen atoms in total. The predicted molar refractivity (Wildman–Crippen MR) is 61.2 cm³/mol. The van der Waals surface area contributed by atoms with E-state index >= 15 is 0 Å². The van der Waals surface area contributed by atoms with E-state index in [4.69, 9.17) is 9.84 Å². The van der Waals surface area contributed by atoms with Gasteiger partial charge in [-0.3, -0.25) is 9.59 Å². The van der Waals surface area contributed by atoms with Crippen molar-refractivity contribution in [2.75, 3.05) is 6.61 Å². The van der Waals surface area contributed by atoms with Crippen LogP contribution in [-0.2, 0) is 14.3 Å². The Morgan fingerprint density at radius 1 is 1.00 bits per heavy atom. The first-order valence-corrected chi connectivity index (χ1v) is 6.04. The van der Waals surface area contributed by atoms with E-state index in [9.17, 15) is 9.59 Å². The van der Waals surface area contributed by atoms with Crippen molar-refractivity contribution >= 4 is 11.9 Å². The summed E-state index contributed by atoms with van der Waals surface area (Å²) in [4.78, 5) is 21.3. The second kappa shape index (κ2) is 10.5. The van der Waals surface area contributed by atoms with Crippen LogP contribution in [0.1, 0.15) is 58.3 Å². The van der Waals surface area contributed by atoms with Crippen LogP contribution in [0.15, 0.2) is 0 Å². The maximum absolute atomic E-state index is 11.1. The van der Waals surface area contributed by atoms with Gasteiger partial charge >= 0.3 is 11.9 Å². The highest BCUT2D eigenvalue weighted by Crippen LogP contribution is 2.04. The zero-order valence-corrected chi connectivity index (χ0v) is 10.0. The van der Waals surface area contributed by atoms with E-state index in [1.165, 1.54) is 0 Å². The van der Waals surface area contributed by atoms with E-state index in [1.54, 1.807) is 0 Å². The van der Waals surface area contributed by atoms with Crippen LogP contribution in [0.5, 0.6) is 0 Å². The van der Waals surface area contributed by atoms with Crippen molar-refractivity contribution < 1.29 is 19.4 Å². The van der Waals surface area contributed by atoms with Gasteiger partial charge in [-0.05, 0) is 19.3 Å². The first kappa shape index (κ1) is 14.9. The summed E-state index contributed by atoms with van der Waals surface area (Å²) >= 11 is 0. The van der Waals surface area contributed by atoms with Gasteiger partial charge in [0.25, 0.3) is 0 Å². The Morgan fingerprint density at radius 3 is 2.31 bits per heavy atom. The van der Waals surface area contributed by atoms with Crippen molar-refractivity contribution in [2.45, 2.75) is 58.3 Å². The van der Waals surface area contributed by atoms with Gasteiger partial charge in [-0.25, -0.2) is 0 Å². The highest BCUT2D eigenvalue weighted by Gasteiger charge is 2.01. The molecule has 0 atom stereocenters. The molecule has 0 rings (SSSR count). The molecule has 0 amide bonds. The van der Waals surface area contributed by atoms with E-state index in [0.717, 1.165) is 32.1 Å². The van der Waals surface area contributed by atoms with Crippen LogP contribution < -0.4 is 0 Å². The smallest absolute Gasteiger partial charge is 0.305 e. The first-order valence-electron chi connectivity index (χ1n) is 6.04. The Labute approximate surface area is 97.0 Å². The average Bonchev–Trinajstić information content (AvgIpc) is 2.24. The summed E-state index contributed by atoms with van der Waals surface area (Å²) in [6, 6.07) is 0. The molecule has 0 spiro atoms. The van der Waals surface area contributed by atoms with Crippen LogP contribution in [0.2, 0.25) is 0 Å². The van der Waals surface area contributed by atoms with Gasteiger partial charge in [-0.2, -0.15) is 0 Å². The van der Waals surface area contributed by atoms with Crippen molar-refractivity contribution in [2.24, 2.45) is 0 Å². The fourth-order valence-corrected chi connectivity index (χ4v) is 1.31. The molecule has 0 heterocycles. The largest absolute Gasteiger partial charge is 0.481 e. The summed E-state index contributed by atoms with van der Waals surface area (Å²) in [6.07, 6.45) is 5.98. The molecular weight excluding hydrogens is 208 g/mol. The molecule has 0 aromatic carbocycles. The van der Waals surface area contributed by atoms with Gasteiger partial charge in [0.2, 0.25) is 0 Å². The number of hydrogen-bond acceptors (Lipinski definition) is 3. The topological polar surface area (TPSA) is 63.6 Å². The van der Waals surface area contributed by atoms with Gasteiger partial charge in [-0.1, -0.05) is 26.2 Å². The number of rotatable bonds is 10. The lowest BCUT2D eigenvalue weighted by atomic mass is 10.1. The molecule has 0 aliphatic rings. The van der Waals surface area contributed by atoms with E-state index < -0.39 is 5.97 Å². The number of esters is 1. The molecule has 0 aliphatic heterocycles. The summed E-state index contributed by atoms with van der Waals surface area (Å²) in [6.45, 7) is 2.51. The van der Waals surface area contributed by atoms with Gasteiger partial charge in [0, 0.05) is 12.8 Å². The number of hydrogen-bond donors (Lipinski definition) is 1. The highest BCUT2D eigenvalue weighted by atomic mass is 16.5. The molecule has 0 fully saturated rings. The molecular formula is C12H22O4. The Hall–Kier alpha value is -1.06. The minimum atomic E-state index is -0.744. The number of ether oxygens (including phenoxy) is 1. The molecule has 0 radical (unpaired) electrons. The molecule has 0 unspecified atom stereocenters. The maximum atomic E-state index is 11.1. The number of carbonyl (C=O) groups is 2. The van der Waals surface area contributed by atoms with Crippen LogP contribution in [-0.4, -0.2) is 23.7 Å². The van der Waals surface area contributed by atoms with E-state index in [2.05, 4.69) is 0 Å². The Balaban J connectivity index is 3.14. The minimum Gasteiger partial charge on any atom is -0.481 e. The number of carbonyl (C=O) groups excluding carboxylic acids is 1. The third-order valence-corrected chi connectivity index (χ3v) is 2.28. The number of carboxylic acids is 1. The fraction of sp³-hybridized carbons (Fsp3) is 0.833. The van der Waals surface area contributed by atoms with Crippen molar-refractivity contribution in [1.82, 2.24) is 0 Å². The lowest BCUT2D eigenvalue weighted by Crippen LogP contribution is -2.05. The zero-order chi connectivity index (χ0) is 12.2. The SMILES string of the molecule is CCCCC(=O)OCCCCCCC(=O)O. The van der Waals surface area contributed by atoms with Crippen molar-refractivity contribution in [1.29, 1.82) is 0 Å². The Bertz CT molecular complexity index is 201. The summed E-state index contributed by atoms with van der Waals surface area (Å²) in [5.41, 5.74) is 0. The third-order valence-electron chi connectivity index (χ3n) is 2.28. The van der Waals surface area contributed by atoms with Gasteiger partial charge in [0.05, 0.1) is 6.61 Å². The van der Waals surface area contributed by atoms with Crippen LogP contribution in [0.25, 0.3) is 0 Å². The molecule has 0 aromatic heterocycles. The monoisotopic (exact) mass is 230 g/mol. The number of carboxylic acid groups (broad SMARTS) is 1. The van der Waals surface area contributed by atoms with Gasteiger partial charge < -0.3 is 9.84 Å². The van der Waals surface area contributed by atoms with Crippen molar-refractivity contribution in [3.8, 4) is 0 Å². The van der Waals surface area contributed by atoms with Gasteiger partial charge in [0.1, 0.15) is 0 Å². The predicted octanol–water partition coefficient (Wildman–Crippen LogP) is 2.75. The van der Waals surface area contributed by atoms with Crippen LogP contribution in [0, 0.1) is 0 Å². The molecule has 16 heavy (non-hydrogen) atoms. The van der Waals surface area contributed by atoms with Gasteiger partial charge in [0.15, 0.2) is 0 Å². The summed E-state index contributed by atoms with van der Waals surface area (Å²) in [7, 11) is 0. The lowest BCUT2D eigenvalue weighted by molar-refractivity contribution is -0.143. The summed E-state index contributed by atoms with van der Waals surface area (Å²) in [5, 5.41) is 8.40. The zero-order valence-electron chi connectivity index (χ0n) is 10.0. The molecule has 94 valence electrons. The summed E-state index contributed by atoms with van der Waals surface area (Å²) < 4.78 is 5.02. The fourth-order valence-electron chi connectivity index (χ4n) is 1.31. The second-order valence-corrected chi connectivity index (χ2v) is 3.88. The van der Waals surface area contributed by atoms with Crippen molar-refractivity contribution in [3.05, 3.63) is 0 Å². The van der Waals surface area contributed by atoms with Crippen LogP contribution >= 0.6 is 0 Å². The van der Waals surface area contributed by atoms with Crippen molar-refractivity contribution in [3.63, 3.8) is 0 Å². The maximum Gasteiger partial charge on any atom is 0.305 e. The molecule has 0 aliphatic carbocycles. The van der Waals surface area contributed by atoms with Gasteiger partial charge in [-0.15, -0.1) is 0 Å². The molecule has 1 N–H and O–H groups in total. The quantitative estimate of drug-likeness (QED) is 0.463. The first-order chi connectivity index (χ1) is 7.66. The third kappa shape index (κ3) is 11.0. The van der Waals surface area contributed by atoms with E-state index in [-0.39, 0.29) is 12.4 Å². The molecule has 0 saturated carbocycles. The standard InChI is InChI=1S/C12H22O4/c1-2-3-9-12(15)16-10-7-5-4-6-8-11(13)14/h2-10H2,1H3,(H,13,14). The summed E-state index contributed by atoms with van der Waals surface area (Å²) in [5.74, 6) is -0.863. The minimum absolute atomic E-state index is 0.118. The number of aliphatic carboxylic acids is 1. The lowest BCUT2D eigenvalue weighted by Gasteiger charge is -2.03. The number of unbranched alkanes of at least 4 members (excludes halogenated alkanes) is 4. The molecule has 0 aromatic rings. The van der Waals surface area contributed by atoms with E-state index in [1.807, 2.05) is 6.92 Å². The van der Waals surface area contributed by atoms with E-state index in [0.29, 0.717) is 19.4 Å². The molecule has 0 saturated heterocycles. The Morgan fingerprint density at radius 2 is 1.69 bits per heavy atom. The average molecular weight is 230 g/mol. The molecule has 4 heteroatoms. The second-order valence-electron chi connectivity index (χ2n) is 3.88. The molecule has 0 bridgehead atoms. The highest BCUT2D eigenvalue weighted by molar-refractivity contribution is 5.69. The van der Waals surface area contributed by atoms with Crippen LogP contribution in [0.3, 0.4) is 0 Å².